The van der Waals surface area contributed by atoms with Crippen LogP contribution in [-0.4, -0.2) is 34.9 Å². The van der Waals surface area contributed by atoms with Gasteiger partial charge in [-0.15, -0.1) is 0 Å². The van der Waals surface area contributed by atoms with Crippen molar-refractivity contribution >= 4 is 5.91 Å². The molecule has 0 heterocycles. The molecule has 4 nitrogen and oxygen atoms in total. The monoisotopic (exact) mass is 686 g/mol. The minimum atomic E-state index is -0.884. The maximum Gasteiger partial charge on any atom is 0.220 e. The minimum Gasteiger partial charge on any atom is -0.394 e. The summed E-state index contributed by atoms with van der Waals surface area (Å²) in [5.41, 5.74) is 0. The molecule has 0 aromatic rings. The minimum absolute atomic E-state index is 0.141. The maximum atomic E-state index is 12.3. The van der Waals surface area contributed by atoms with Gasteiger partial charge in [-0.2, -0.15) is 0 Å². The number of aliphatic hydroxyl groups is 2. The molecule has 0 spiro atoms. The fraction of sp³-hybridized carbons (Fsp3) is 0.800. The fourth-order valence-corrected chi connectivity index (χ4v) is 6.24. The van der Waals surface area contributed by atoms with Crippen molar-refractivity contribution in [3.63, 3.8) is 0 Å². The Kier molecular flexibility index (Phi) is 39.4. The molecule has 0 aromatic carbocycles. The molecule has 0 radical (unpaired) electrons. The zero-order chi connectivity index (χ0) is 35.7. The third kappa shape index (κ3) is 37.4. The summed E-state index contributed by atoms with van der Waals surface area (Å²) in [6.07, 6.45) is 55.2. The van der Waals surface area contributed by atoms with E-state index < -0.39 is 12.1 Å². The zero-order valence-corrected chi connectivity index (χ0v) is 32.7. The quantitative estimate of drug-likeness (QED) is 0.0447. The van der Waals surface area contributed by atoms with Crippen LogP contribution in [0.5, 0.6) is 0 Å². The average Bonchev–Trinajstić information content (AvgIpc) is 3.10. The van der Waals surface area contributed by atoms with Gasteiger partial charge in [0.25, 0.3) is 0 Å². The predicted molar refractivity (Wildman–Crippen MR) is 216 cm³/mol. The molecule has 286 valence electrons. The maximum absolute atomic E-state index is 12.3. The molecule has 0 saturated carbocycles. The first kappa shape index (κ1) is 47.4. The van der Waals surface area contributed by atoms with E-state index in [1.165, 1.54) is 154 Å². The van der Waals surface area contributed by atoms with Gasteiger partial charge in [0.05, 0.1) is 18.8 Å². The molecular formula is C45H83NO3. The summed E-state index contributed by atoms with van der Waals surface area (Å²) in [4.78, 5) is 12.3. The lowest BCUT2D eigenvalue weighted by Gasteiger charge is -2.19. The van der Waals surface area contributed by atoms with Crippen LogP contribution in [0, 0.1) is 0 Å². The van der Waals surface area contributed by atoms with Gasteiger partial charge < -0.3 is 15.5 Å². The molecule has 2 atom stereocenters. The van der Waals surface area contributed by atoms with Crippen molar-refractivity contribution in [2.75, 3.05) is 6.61 Å². The molecule has 3 N–H and O–H groups in total. The third-order valence-corrected chi connectivity index (χ3v) is 9.55. The van der Waals surface area contributed by atoms with Crippen molar-refractivity contribution in [3.8, 4) is 0 Å². The summed E-state index contributed by atoms with van der Waals surface area (Å²) in [6, 6.07) is -0.669. The zero-order valence-electron chi connectivity index (χ0n) is 32.7. The van der Waals surface area contributed by atoms with Gasteiger partial charge in [0, 0.05) is 6.42 Å². The van der Waals surface area contributed by atoms with E-state index in [0.29, 0.717) is 12.8 Å². The lowest BCUT2D eigenvalue weighted by molar-refractivity contribution is -0.122. The van der Waals surface area contributed by atoms with Crippen LogP contribution >= 0.6 is 0 Å². The van der Waals surface area contributed by atoms with E-state index in [1.54, 1.807) is 6.08 Å². The molecule has 0 fully saturated rings. The van der Waals surface area contributed by atoms with Crippen molar-refractivity contribution < 1.29 is 15.0 Å². The Morgan fingerprint density at radius 2 is 0.857 bits per heavy atom. The fourth-order valence-electron chi connectivity index (χ4n) is 6.24. The van der Waals surface area contributed by atoms with E-state index in [-0.39, 0.29) is 12.5 Å². The Balaban J connectivity index is 3.64. The molecule has 2 unspecified atom stereocenters. The number of allylic oxidation sites excluding steroid dienone is 7. The summed E-state index contributed by atoms with van der Waals surface area (Å²) in [6.45, 7) is 4.26. The molecule has 0 aliphatic rings. The second kappa shape index (κ2) is 40.8. The van der Waals surface area contributed by atoms with Crippen molar-refractivity contribution in [2.45, 2.75) is 225 Å². The Labute approximate surface area is 305 Å². The normalized spacial score (nSPS) is 13.5. The molecule has 0 saturated heterocycles. The number of amides is 1. The standard InChI is InChI=1S/C45H83NO3/c1-3-5-7-9-11-13-15-17-18-19-20-21-22-23-24-25-26-27-29-30-32-34-36-38-40-44(48)43(42-47)46-45(49)41-39-37-35-33-31-28-16-14-12-10-8-6-4-2/h28,30-32,35,37-38,40,43-44,47-48H,3-27,29,33-34,36,39,41-42H2,1-2H3,(H,46,49)/b31-28-,32-30+,37-35-,40-38+. The Bertz CT molecular complexity index is 786. The number of unbranched alkanes of at least 4 members (excludes halogenated alkanes) is 25. The smallest absolute Gasteiger partial charge is 0.220 e. The molecular weight excluding hydrogens is 602 g/mol. The van der Waals surface area contributed by atoms with Gasteiger partial charge in [-0.3, -0.25) is 4.79 Å². The van der Waals surface area contributed by atoms with Crippen LogP contribution in [0.4, 0.5) is 0 Å². The van der Waals surface area contributed by atoms with Crippen LogP contribution in [0.3, 0.4) is 0 Å². The van der Waals surface area contributed by atoms with Crippen molar-refractivity contribution in [1.82, 2.24) is 5.32 Å². The predicted octanol–water partition coefficient (Wildman–Crippen LogP) is 13.2. The van der Waals surface area contributed by atoms with Crippen LogP contribution in [0.1, 0.15) is 213 Å². The average molecular weight is 686 g/mol. The van der Waals surface area contributed by atoms with E-state index in [0.717, 1.165) is 32.1 Å². The summed E-state index contributed by atoms with van der Waals surface area (Å²) < 4.78 is 0. The van der Waals surface area contributed by atoms with Gasteiger partial charge in [-0.05, 0) is 51.4 Å². The molecule has 4 heteroatoms. The molecule has 0 rings (SSSR count). The van der Waals surface area contributed by atoms with Gasteiger partial charge in [0.2, 0.25) is 5.91 Å². The van der Waals surface area contributed by atoms with Gasteiger partial charge in [0.1, 0.15) is 0 Å². The van der Waals surface area contributed by atoms with E-state index in [4.69, 9.17) is 0 Å². The number of hydrogen-bond acceptors (Lipinski definition) is 3. The van der Waals surface area contributed by atoms with Gasteiger partial charge >= 0.3 is 0 Å². The SMILES string of the molecule is CCCCCCCC/C=C\C/C=C\CCC(=O)NC(CO)C(O)/C=C/CC/C=C/CCCCCCCCCCCCCCCCCCCC. The summed E-state index contributed by atoms with van der Waals surface area (Å²) >= 11 is 0. The highest BCUT2D eigenvalue weighted by atomic mass is 16.3. The summed E-state index contributed by atoms with van der Waals surface area (Å²) in [5.74, 6) is -0.141. The van der Waals surface area contributed by atoms with Crippen molar-refractivity contribution in [2.24, 2.45) is 0 Å². The highest BCUT2D eigenvalue weighted by molar-refractivity contribution is 5.76. The first-order chi connectivity index (χ1) is 24.2. The highest BCUT2D eigenvalue weighted by Crippen LogP contribution is 2.15. The van der Waals surface area contributed by atoms with Crippen LogP contribution in [-0.2, 0) is 4.79 Å². The second-order valence-corrected chi connectivity index (χ2v) is 14.4. The third-order valence-electron chi connectivity index (χ3n) is 9.55. The molecule has 0 aliphatic heterocycles. The summed E-state index contributed by atoms with van der Waals surface area (Å²) in [7, 11) is 0. The summed E-state index contributed by atoms with van der Waals surface area (Å²) in [5, 5.41) is 22.9. The number of rotatable bonds is 38. The van der Waals surface area contributed by atoms with Crippen LogP contribution in [0.15, 0.2) is 48.6 Å². The molecule has 0 aliphatic carbocycles. The van der Waals surface area contributed by atoms with Gasteiger partial charge in [-0.1, -0.05) is 204 Å². The number of carbonyl (C=O) groups excluding carboxylic acids is 1. The first-order valence-corrected chi connectivity index (χ1v) is 21.4. The molecule has 1 amide bonds. The van der Waals surface area contributed by atoms with Crippen LogP contribution in [0.2, 0.25) is 0 Å². The molecule has 49 heavy (non-hydrogen) atoms. The number of nitrogens with one attached hydrogen (secondary N) is 1. The lowest BCUT2D eigenvalue weighted by Crippen LogP contribution is -2.45. The number of carbonyl (C=O) groups is 1. The number of hydrogen-bond donors (Lipinski definition) is 3. The lowest BCUT2D eigenvalue weighted by atomic mass is 10.0. The van der Waals surface area contributed by atoms with Crippen LogP contribution < -0.4 is 5.32 Å². The van der Waals surface area contributed by atoms with Crippen LogP contribution in [0.25, 0.3) is 0 Å². The van der Waals surface area contributed by atoms with Gasteiger partial charge in [-0.25, -0.2) is 0 Å². The Hall–Kier alpha value is -1.65. The van der Waals surface area contributed by atoms with E-state index >= 15 is 0 Å². The van der Waals surface area contributed by atoms with E-state index in [2.05, 4.69) is 49.5 Å². The van der Waals surface area contributed by atoms with E-state index in [1.807, 2.05) is 12.2 Å². The number of aliphatic hydroxyl groups excluding tert-OH is 2. The van der Waals surface area contributed by atoms with E-state index in [9.17, 15) is 15.0 Å². The Morgan fingerprint density at radius 3 is 1.31 bits per heavy atom. The second-order valence-electron chi connectivity index (χ2n) is 14.4. The topological polar surface area (TPSA) is 69.6 Å². The molecule has 0 aromatic heterocycles. The van der Waals surface area contributed by atoms with Gasteiger partial charge in [0.15, 0.2) is 0 Å². The highest BCUT2D eigenvalue weighted by Gasteiger charge is 2.17. The van der Waals surface area contributed by atoms with Crippen molar-refractivity contribution in [1.29, 1.82) is 0 Å². The first-order valence-electron chi connectivity index (χ1n) is 21.4. The largest absolute Gasteiger partial charge is 0.394 e. The molecule has 0 bridgehead atoms. The van der Waals surface area contributed by atoms with Crippen molar-refractivity contribution in [3.05, 3.63) is 48.6 Å². The Morgan fingerprint density at radius 1 is 0.490 bits per heavy atom.